The summed E-state index contributed by atoms with van der Waals surface area (Å²) < 4.78 is 54.6. The zero-order valence-electron chi connectivity index (χ0n) is 16.0. The Morgan fingerprint density at radius 1 is 1.11 bits per heavy atom. The Kier molecular flexibility index (Phi) is 6.79. The third-order valence-corrected chi connectivity index (χ3v) is 5.10. The third kappa shape index (κ3) is 4.41. The molecule has 28 heavy (non-hydrogen) atoms. The maximum absolute atomic E-state index is 14.7. The molecule has 2 nitrogen and oxygen atoms in total. The van der Waals surface area contributed by atoms with Crippen molar-refractivity contribution in [3.05, 3.63) is 66.0 Å². The van der Waals surface area contributed by atoms with Crippen molar-refractivity contribution < 1.29 is 22.6 Å². The van der Waals surface area contributed by atoms with Gasteiger partial charge in [-0.25, -0.2) is 8.78 Å². The lowest BCUT2D eigenvalue weighted by Crippen LogP contribution is -2.19. The van der Waals surface area contributed by atoms with Crippen LogP contribution in [0.5, 0.6) is 5.75 Å². The van der Waals surface area contributed by atoms with E-state index >= 15 is 0 Å². The molecule has 1 fully saturated rings. The van der Waals surface area contributed by atoms with Crippen LogP contribution in [0.3, 0.4) is 0 Å². The Morgan fingerprint density at radius 2 is 1.89 bits per heavy atom. The maximum Gasteiger partial charge on any atom is 0.201 e. The summed E-state index contributed by atoms with van der Waals surface area (Å²) in [6.45, 7) is 6.61. The fourth-order valence-electron chi connectivity index (χ4n) is 3.35. The van der Waals surface area contributed by atoms with Gasteiger partial charge in [0.15, 0.2) is 11.6 Å². The Morgan fingerprint density at radius 3 is 2.54 bits per heavy atom. The highest BCUT2D eigenvalue weighted by Crippen LogP contribution is 2.35. The van der Waals surface area contributed by atoms with Crippen molar-refractivity contribution in [1.29, 1.82) is 0 Å². The molecule has 1 saturated heterocycles. The molecule has 0 radical (unpaired) electrons. The van der Waals surface area contributed by atoms with Crippen molar-refractivity contribution >= 4 is 0 Å². The topological polar surface area (TPSA) is 18.5 Å². The molecule has 0 saturated carbocycles. The Labute approximate surface area is 164 Å². The van der Waals surface area contributed by atoms with E-state index in [-0.39, 0.29) is 23.0 Å². The zero-order valence-corrected chi connectivity index (χ0v) is 16.0. The second-order valence-corrected chi connectivity index (χ2v) is 7.08. The molecule has 1 heterocycles. The van der Waals surface area contributed by atoms with Gasteiger partial charge in [-0.2, -0.15) is 4.39 Å². The molecular weight excluding hydrogens is 365 g/mol. The van der Waals surface area contributed by atoms with Crippen LogP contribution in [0.1, 0.15) is 44.3 Å². The highest BCUT2D eigenvalue weighted by atomic mass is 19.2. The minimum absolute atomic E-state index is 0.0139. The van der Waals surface area contributed by atoms with E-state index in [1.807, 2.05) is 13.0 Å². The molecule has 0 aromatic heterocycles. The van der Waals surface area contributed by atoms with Gasteiger partial charge in [0.2, 0.25) is 5.82 Å². The standard InChI is InChI=1S/C23H25F3O2/c1-3-5-12-27-21-11-9-18(22(25)23(21)26)17-8-7-16(13-19(17)24)20-10-6-15(4-2)14-28-20/h4,7-9,11,13,15,20H,2-3,5-6,10,12,14H2,1H3. The van der Waals surface area contributed by atoms with Gasteiger partial charge in [0.1, 0.15) is 5.82 Å². The van der Waals surface area contributed by atoms with Gasteiger partial charge in [-0.3, -0.25) is 0 Å². The van der Waals surface area contributed by atoms with Crippen molar-refractivity contribution in [3.8, 4) is 16.9 Å². The van der Waals surface area contributed by atoms with E-state index in [0.29, 0.717) is 24.7 Å². The van der Waals surface area contributed by atoms with Gasteiger partial charge >= 0.3 is 0 Å². The Hall–Kier alpha value is -2.27. The molecule has 0 spiro atoms. The smallest absolute Gasteiger partial charge is 0.201 e. The van der Waals surface area contributed by atoms with Crippen LogP contribution in [0.25, 0.3) is 11.1 Å². The summed E-state index contributed by atoms with van der Waals surface area (Å²) in [5, 5.41) is 0. The molecule has 1 aliphatic heterocycles. The monoisotopic (exact) mass is 390 g/mol. The van der Waals surface area contributed by atoms with Crippen LogP contribution in [0.2, 0.25) is 0 Å². The van der Waals surface area contributed by atoms with E-state index in [9.17, 15) is 13.2 Å². The molecule has 0 bridgehead atoms. The summed E-state index contributed by atoms with van der Waals surface area (Å²) in [6.07, 6.45) is 5.00. The van der Waals surface area contributed by atoms with Gasteiger partial charge in [0, 0.05) is 17.0 Å². The maximum atomic E-state index is 14.7. The minimum atomic E-state index is -1.11. The van der Waals surface area contributed by atoms with Gasteiger partial charge in [0.25, 0.3) is 0 Å². The van der Waals surface area contributed by atoms with Crippen LogP contribution in [-0.4, -0.2) is 13.2 Å². The molecule has 2 aromatic rings. The Bertz CT molecular complexity index is 827. The van der Waals surface area contributed by atoms with Crippen LogP contribution in [0.4, 0.5) is 13.2 Å². The first-order valence-corrected chi connectivity index (χ1v) is 9.69. The number of hydrogen-bond acceptors (Lipinski definition) is 2. The van der Waals surface area contributed by atoms with E-state index < -0.39 is 17.5 Å². The third-order valence-electron chi connectivity index (χ3n) is 5.10. The first-order valence-electron chi connectivity index (χ1n) is 9.69. The first-order chi connectivity index (χ1) is 13.5. The molecule has 2 unspecified atom stereocenters. The summed E-state index contributed by atoms with van der Waals surface area (Å²) in [7, 11) is 0. The van der Waals surface area contributed by atoms with Crippen molar-refractivity contribution in [2.75, 3.05) is 13.2 Å². The number of halogens is 3. The summed E-state index contributed by atoms with van der Waals surface area (Å²) in [4.78, 5) is 0. The quantitative estimate of drug-likeness (QED) is 0.391. The molecule has 2 atom stereocenters. The van der Waals surface area contributed by atoms with Gasteiger partial charge in [-0.1, -0.05) is 31.6 Å². The molecule has 5 heteroatoms. The van der Waals surface area contributed by atoms with Gasteiger partial charge < -0.3 is 9.47 Å². The molecule has 150 valence electrons. The van der Waals surface area contributed by atoms with E-state index in [1.165, 1.54) is 24.3 Å². The molecule has 0 amide bonds. The normalized spacial score (nSPS) is 19.4. The van der Waals surface area contributed by atoms with Crippen molar-refractivity contribution in [3.63, 3.8) is 0 Å². The zero-order chi connectivity index (χ0) is 20.1. The van der Waals surface area contributed by atoms with Gasteiger partial charge in [0.05, 0.1) is 19.3 Å². The fourth-order valence-corrected chi connectivity index (χ4v) is 3.35. The van der Waals surface area contributed by atoms with Crippen LogP contribution in [-0.2, 0) is 4.74 Å². The highest BCUT2D eigenvalue weighted by molar-refractivity contribution is 5.66. The predicted octanol–water partition coefficient (Wildman–Crippen LogP) is 6.60. The second-order valence-electron chi connectivity index (χ2n) is 7.08. The largest absolute Gasteiger partial charge is 0.490 e. The summed E-state index contributed by atoms with van der Waals surface area (Å²) >= 11 is 0. The van der Waals surface area contributed by atoms with Crippen LogP contribution in [0, 0.1) is 23.4 Å². The number of benzene rings is 2. The van der Waals surface area contributed by atoms with E-state index in [4.69, 9.17) is 9.47 Å². The van der Waals surface area contributed by atoms with Crippen LogP contribution >= 0.6 is 0 Å². The first kappa shape index (κ1) is 20.5. The molecule has 3 rings (SSSR count). The summed E-state index contributed by atoms with van der Waals surface area (Å²) in [6, 6.07) is 7.22. The molecule has 0 aliphatic carbocycles. The van der Waals surface area contributed by atoms with E-state index in [1.54, 1.807) is 6.07 Å². The number of ether oxygens (including phenoxy) is 2. The number of unbranched alkanes of at least 4 members (excludes halogenated alkanes) is 1. The SMILES string of the molecule is C=CC1CCC(c2ccc(-c3ccc(OCCCC)c(F)c3F)c(F)c2)OC1. The summed E-state index contributed by atoms with van der Waals surface area (Å²) in [5.41, 5.74) is 0.588. The average molecular weight is 390 g/mol. The Balaban J connectivity index is 1.80. The van der Waals surface area contributed by atoms with E-state index in [0.717, 1.165) is 25.7 Å². The van der Waals surface area contributed by atoms with Crippen molar-refractivity contribution in [2.45, 2.75) is 38.7 Å². The molecule has 1 aliphatic rings. The number of hydrogen-bond donors (Lipinski definition) is 0. The van der Waals surface area contributed by atoms with Crippen molar-refractivity contribution in [1.82, 2.24) is 0 Å². The molecule has 2 aromatic carbocycles. The lowest BCUT2D eigenvalue weighted by Gasteiger charge is -2.27. The van der Waals surface area contributed by atoms with Crippen LogP contribution < -0.4 is 4.74 Å². The second kappa shape index (κ2) is 9.28. The molecular formula is C23H25F3O2. The van der Waals surface area contributed by atoms with Gasteiger partial charge in [-0.05, 0) is 43.0 Å². The van der Waals surface area contributed by atoms with Crippen molar-refractivity contribution in [2.24, 2.45) is 5.92 Å². The minimum Gasteiger partial charge on any atom is -0.490 e. The lowest BCUT2D eigenvalue weighted by molar-refractivity contribution is -0.00528. The predicted molar refractivity (Wildman–Crippen MR) is 104 cm³/mol. The highest BCUT2D eigenvalue weighted by Gasteiger charge is 2.23. The van der Waals surface area contributed by atoms with Crippen LogP contribution in [0.15, 0.2) is 43.0 Å². The number of rotatable bonds is 7. The lowest BCUT2D eigenvalue weighted by atomic mass is 9.93. The van der Waals surface area contributed by atoms with Gasteiger partial charge in [-0.15, -0.1) is 6.58 Å². The average Bonchev–Trinajstić information content (AvgIpc) is 2.72. The summed E-state index contributed by atoms with van der Waals surface area (Å²) in [5.74, 6) is -2.65. The fraction of sp³-hybridized carbons (Fsp3) is 0.391. The molecule has 0 N–H and O–H groups in total. The van der Waals surface area contributed by atoms with E-state index in [2.05, 4.69) is 6.58 Å².